The molecule has 0 aromatic heterocycles. The summed E-state index contributed by atoms with van der Waals surface area (Å²) in [6, 6.07) is 4.49. The summed E-state index contributed by atoms with van der Waals surface area (Å²) < 4.78 is 0. The number of likely N-dealkylation sites (N-methyl/N-ethyl adjacent to an activating group) is 1. The maximum absolute atomic E-state index is 11.8. The third-order valence-corrected chi connectivity index (χ3v) is 4.05. The number of aliphatic hydroxyl groups is 1. The first-order chi connectivity index (χ1) is 10.1. The molecule has 0 aliphatic rings. The highest BCUT2D eigenvalue weighted by atomic mass is 35.5. The molecule has 0 aliphatic heterocycles. The number of carbonyl (C=O) groups is 1. The van der Waals surface area contributed by atoms with Crippen molar-refractivity contribution in [3.05, 3.63) is 33.8 Å². The van der Waals surface area contributed by atoms with Crippen LogP contribution < -0.4 is 10.6 Å². The van der Waals surface area contributed by atoms with E-state index in [0.717, 1.165) is 0 Å². The average molecular weight is 348 g/mol. The Bertz CT molecular complexity index is 501. The zero-order valence-electron chi connectivity index (χ0n) is 13.3. The number of urea groups is 1. The van der Waals surface area contributed by atoms with Gasteiger partial charge in [0.15, 0.2) is 0 Å². The van der Waals surface area contributed by atoms with E-state index in [0.29, 0.717) is 22.2 Å². The van der Waals surface area contributed by atoms with Gasteiger partial charge in [0.25, 0.3) is 0 Å². The fourth-order valence-corrected chi connectivity index (χ4v) is 2.13. The summed E-state index contributed by atoms with van der Waals surface area (Å²) >= 11 is 11.8. The molecule has 3 N–H and O–H groups in total. The fraction of sp³-hybridized carbons (Fsp3) is 0.533. The monoisotopic (exact) mass is 347 g/mol. The molecule has 124 valence electrons. The Hall–Kier alpha value is -1.01. The van der Waals surface area contributed by atoms with E-state index < -0.39 is 6.10 Å². The van der Waals surface area contributed by atoms with Gasteiger partial charge in [-0.2, -0.15) is 0 Å². The minimum absolute atomic E-state index is 0.0743. The van der Waals surface area contributed by atoms with E-state index in [1.807, 2.05) is 32.8 Å². The number of halogens is 2. The fourth-order valence-electron chi connectivity index (χ4n) is 1.59. The zero-order valence-corrected chi connectivity index (χ0v) is 14.8. The van der Waals surface area contributed by atoms with Gasteiger partial charge in [-0.15, -0.1) is 0 Å². The van der Waals surface area contributed by atoms with Crippen molar-refractivity contribution in [2.24, 2.45) is 0 Å². The third-order valence-electron chi connectivity index (χ3n) is 3.62. The first-order valence-corrected chi connectivity index (χ1v) is 7.70. The lowest BCUT2D eigenvalue weighted by molar-refractivity contribution is 0.168. The second-order valence-corrected chi connectivity index (χ2v) is 6.86. The van der Waals surface area contributed by atoms with Gasteiger partial charge in [0, 0.05) is 28.7 Å². The lowest BCUT2D eigenvalue weighted by Gasteiger charge is -2.32. The van der Waals surface area contributed by atoms with Crippen molar-refractivity contribution < 1.29 is 9.90 Å². The van der Waals surface area contributed by atoms with Crippen LogP contribution in [0.15, 0.2) is 18.2 Å². The molecule has 22 heavy (non-hydrogen) atoms. The average Bonchev–Trinajstić information content (AvgIpc) is 2.41. The molecule has 1 aromatic rings. The number of aliphatic hydroxyl groups excluding tert-OH is 1. The summed E-state index contributed by atoms with van der Waals surface area (Å²) in [6.07, 6.45) is -0.871. The van der Waals surface area contributed by atoms with Gasteiger partial charge in [-0.1, -0.05) is 23.2 Å². The van der Waals surface area contributed by atoms with Crippen LogP contribution in [-0.2, 0) is 0 Å². The number of benzene rings is 1. The van der Waals surface area contributed by atoms with Crippen molar-refractivity contribution >= 4 is 29.2 Å². The number of rotatable bonds is 6. The van der Waals surface area contributed by atoms with Gasteiger partial charge >= 0.3 is 6.03 Å². The number of nitrogens with zero attached hydrogens (tertiary/aromatic N) is 1. The Kier molecular flexibility index (Phi) is 6.94. The van der Waals surface area contributed by atoms with Crippen LogP contribution in [0.1, 0.15) is 25.5 Å². The summed E-state index contributed by atoms with van der Waals surface area (Å²) in [5.41, 5.74) is 0.405. The summed E-state index contributed by atoms with van der Waals surface area (Å²) in [7, 11) is 3.90. The molecule has 0 bridgehead atoms. The first kappa shape index (κ1) is 19.0. The minimum Gasteiger partial charge on any atom is -0.387 e. The molecule has 0 saturated heterocycles. The van der Waals surface area contributed by atoms with Crippen LogP contribution in [0, 0.1) is 0 Å². The molecule has 0 saturated carbocycles. The van der Waals surface area contributed by atoms with E-state index in [9.17, 15) is 9.90 Å². The highest BCUT2D eigenvalue weighted by molar-refractivity contribution is 6.34. The largest absolute Gasteiger partial charge is 0.387 e. The Morgan fingerprint density at radius 3 is 2.27 bits per heavy atom. The second kappa shape index (κ2) is 8.02. The number of nitrogens with one attached hydrogen (secondary N) is 2. The van der Waals surface area contributed by atoms with E-state index in [2.05, 4.69) is 10.6 Å². The van der Waals surface area contributed by atoms with Gasteiger partial charge in [0.05, 0.1) is 6.10 Å². The van der Waals surface area contributed by atoms with Crippen LogP contribution in [0.3, 0.4) is 0 Å². The highest BCUT2D eigenvalue weighted by Gasteiger charge is 2.21. The smallest absolute Gasteiger partial charge is 0.314 e. The molecular weight excluding hydrogens is 325 g/mol. The minimum atomic E-state index is -0.871. The quantitative estimate of drug-likeness (QED) is 0.741. The van der Waals surface area contributed by atoms with Crippen molar-refractivity contribution in [2.75, 3.05) is 27.2 Å². The SMILES string of the molecule is CN(C)C(C)(C)CNC(=O)NCC(O)c1cc(Cl)cc(Cl)c1. The van der Waals surface area contributed by atoms with Crippen LogP contribution in [0.5, 0.6) is 0 Å². The van der Waals surface area contributed by atoms with Crippen LogP contribution in [0.2, 0.25) is 10.0 Å². The lowest BCUT2D eigenvalue weighted by Crippen LogP contribution is -2.50. The second-order valence-electron chi connectivity index (χ2n) is 5.99. The summed E-state index contributed by atoms with van der Waals surface area (Å²) in [5, 5.41) is 16.4. The first-order valence-electron chi connectivity index (χ1n) is 6.95. The summed E-state index contributed by atoms with van der Waals surface area (Å²) in [6.45, 7) is 4.61. The Balaban J connectivity index is 2.47. The number of carbonyl (C=O) groups excluding carboxylic acids is 1. The van der Waals surface area contributed by atoms with E-state index in [-0.39, 0.29) is 18.1 Å². The van der Waals surface area contributed by atoms with Crippen LogP contribution in [0.25, 0.3) is 0 Å². The van der Waals surface area contributed by atoms with Gasteiger partial charge in [-0.05, 0) is 51.7 Å². The highest BCUT2D eigenvalue weighted by Crippen LogP contribution is 2.23. The molecule has 0 fully saturated rings. The number of hydrogen-bond donors (Lipinski definition) is 3. The summed E-state index contributed by atoms with van der Waals surface area (Å²) in [4.78, 5) is 13.8. The van der Waals surface area contributed by atoms with Crippen LogP contribution in [0.4, 0.5) is 4.79 Å². The zero-order chi connectivity index (χ0) is 16.9. The van der Waals surface area contributed by atoms with Crippen molar-refractivity contribution in [2.45, 2.75) is 25.5 Å². The van der Waals surface area contributed by atoms with Crippen LogP contribution >= 0.6 is 23.2 Å². The topological polar surface area (TPSA) is 64.6 Å². The van der Waals surface area contributed by atoms with Crippen molar-refractivity contribution in [1.82, 2.24) is 15.5 Å². The molecule has 5 nitrogen and oxygen atoms in total. The Morgan fingerprint density at radius 2 is 1.77 bits per heavy atom. The van der Waals surface area contributed by atoms with Crippen molar-refractivity contribution in [1.29, 1.82) is 0 Å². The normalized spacial score (nSPS) is 13.1. The van der Waals surface area contributed by atoms with Gasteiger partial charge in [-0.25, -0.2) is 4.79 Å². The van der Waals surface area contributed by atoms with Gasteiger partial charge in [0.1, 0.15) is 0 Å². The molecule has 0 spiro atoms. The van der Waals surface area contributed by atoms with E-state index in [1.165, 1.54) is 0 Å². The molecule has 1 unspecified atom stereocenters. The third kappa shape index (κ3) is 6.01. The van der Waals surface area contributed by atoms with Gasteiger partial charge < -0.3 is 20.6 Å². The molecule has 2 amide bonds. The van der Waals surface area contributed by atoms with Crippen LogP contribution in [-0.4, -0.2) is 48.8 Å². The van der Waals surface area contributed by atoms with Gasteiger partial charge in [0.2, 0.25) is 0 Å². The molecule has 1 aromatic carbocycles. The van der Waals surface area contributed by atoms with E-state index >= 15 is 0 Å². The molecule has 7 heteroatoms. The van der Waals surface area contributed by atoms with E-state index in [4.69, 9.17) is 23.2 Å². The Labute approximate surface area is 141 Å². The molecule has 0 heterocycles. The van der Waals surface area contributed by atoms with E-state index in [1.54, 1.807) is 18.2 Å². The Morgan fingerprint density at radius 1 is 1.23 bits per heavy atom. The molecule has 0 radical (unpaired) electrons. The standard InChI is InChI=1S/C15H23Cl2N3O2/c1-15(2,20(3)4)9-19-14(22)18-8-13(21)10-5-11(16)7-12(17)6-10/h5-7,13,21H,8-9H2,1-4H3,(H2,18,19,22). The maximum Gasteiger partial charge on any atom is 0.314 e. The molecule has 1 atom stereocenters. The predicted octanol–water partition coefficient (Wildman–Crippen LogP) is 2.67. The van der Waals surface area contributed by atoms with Gasteiger partial charge in [-0.3, -0.25) is 0 Å². The van der Waals surface area contributed by atoms with Crippen molar-refractivity contribution in [3.8, 4) is 0 Å². The summed E-state index contributed by atoms with van der Waals surface area (Å²) in [5.74, 6) is 0. The maximum atomic E-state index is 11.8. The number of amides is 2. The molecule has 0 aliphatic carbocycles. The number of hydrogen-bond acceptors (Lipinski definition) is 3. The predicted molar refractivity (Wildman–Crippen MR) is 90.6 cm³/mol. The lowest BCUT2D eigenvalue weighted by atomic mass is 10.0. The molecular formula is C15H23Cl2N3O2. The molecule has 1 rings (SSSR count). The van der Waals surface area contributed by atoms with Crippen molar-refractivity contribution in [3.63, 3.8) is 0 Å².